The maximum Gasteiger partial charge on any atom is 0.411 e. The number of ether oxygens (including phenoxy) is 1. The van der Waals surface area contributed by atoms with E-state index in [9.17, 15) is 13.2 Å². The summed E-state index contributed by atoms with van der Waals surface area (Å²) in [5, 5.41) is 0. The van der Waals surface area contributed by atoms with Crippen LogP contribution < -0.4 is 0 Å². The van der Waals surface area contributed by atoms with Gasteiger partial charge in [0, 0.05) is 29.5 Å². The second kappa shape index (κ2) is 6.87. The number of rotatable bonds is 5. The molecule has 1 unspecified atom stereocenters. The topological polar surface area (TPSA) is 25.4 Å². The summed E-state index contributed by atoms with van der Waals surface area (Å²) < 4.78 is 41.9. The third kappa shape index (κ3) is 5.03. The van der Waals surface area contributed by atoms with E-state index < -0.39 is 12.8 Å². The predicted molar refractivity (Wildman–Crippen MR) is 72.2 cm³/mol. The van der Waals surface area contributed by atoms with Gasteiger partial charge in [-0.2, -0.15) is 13.2 Å². The highest BCUT2D eigenvalue weighted by molar-refractivity contribution is 9.10. The zero-order valence-corrected chi connectivity index (χ0v) is 12.5. The first-order valence-electron chi connectivity index (χ1n) is 6.42. The number of likely N-dealkylation sites (tertiary alicyclic amines) is 1. The van der Waals surface area contributed by atoms with E-state index in [2.05, 4.69) is 25.8 Å². The minimum atomic E-state index is -4.25. The monoisotopic (exact) mass is 352 g/mol. The quantitative estimate of drug-likeness (QED) is 0.812. The van der Waals surface area contributed by atoms with Gasteiger partial charge in [-0.25, -0.2) is 0 Å². The zero-order chi connectivity index (χ0) is 14.6. The SMILES string of the molecule is FC(F)(F)COCC1CCCN1Cc1cncc(Br)c1. The molecule has 1 aromatic heterocycles. The summed E-state index contributed by atoms with van der Waals surface area (Å²) in [4.78, 5) is 6.24. The molecule has 0 aromatic carbocycles. The highest BCUT2D eigenvalue weighted by Crippen LogP contribution is 2.22. The Balaban J connectivity index is 1.84. The number of alkyl halides is 3. The number of hydrogen-bond donors (Lipinski definition) is 0. The van der Waals surface area contributed by atoms with Crippen LogP contribution in [0.4, 0.5) is 13.2 Å². The number of hydrogen-bond acceptors (Lipinski definition) is 3. The molecule has 3 nitrogen and oxygen atoms in total. The lowest BCUT2D eigenvalue weighted by Gasteiger charge is -2.24. The largest absolute Gasteiger partial charge is 0.411 e. The maximum absolute atomic E-state index is 12.1. The van der Waals surface area contributed by atoms with Crippen LogP contribution in [-0.2, 0) is 11.3 Å². The first-order valence-corrected chi connectivity index (χ1v) is 7.21. The third-order valence-corrected chi connectivity index (χ3v) is 3.66. The van der Waals surface area contributed by atoms with Crippen molar-refractivity contribution in [1.82, 2.24) is 9.88 Å². The second-order valence-corrected chi connectivity index (χ2v) is 5.82. The van der Waals surface area contributed by atoms with Crippen LogP contribution in [0.25, 0.3) is 0 Å². The van der Waals surface area contributed by atoms with E-state index in [0.29, 0.717) is 6.54 Å². The molecular weight excluding hydrogens is 337 g/mol. The summed E-state index contributed by atoms with van der Waals surface area (Å²) in [6, 6.07) is 2.02. The number of halogens is 4. The molecule has 1 aromatic rings. The van der Waals surface area contributed by atoms with Crippen molar-refractivity contribution in [3.05, 3.63) is 28.5 Å². The van der Waals surface area contributed by atoms with Gasteiger partial charge >= 0.3 is 6.18 Å². The molecule has 2 rings (SSSR count). The van der Waals surface area contributed by atoms with E-state index in [0.717, 1.165) is 29.4 Å². The fraction of sp³-hybridized carbons (Fsp3) is 0.615. The Morgan fingerprint density at radius 3 is 2.90 bits per heavy atom. The molecule has 1 atom stereocenters. The van der Waals surface area contributed by atoms with Crippen molar-refractivity contribution in [1.29, 1.82) is 0 Å². The van der Waals surface area contributed by atoms with E-state index in [1.807, 2.05) is 6.07 Å². The molecule has 0 aliphatic carbocycles. The number of nitrogens with zero attached hydrogens (tertiary/aromatic N) is 2. The lowest BCUT2D eigenvalue weighted by Crippen LogP contribution is -2.34. The van der Waals surface area contributed by atoms with Gasteiger partial charge in [-0.3, -0.25) is 9.88 Å². The highest BCUT2D eigenvalue weighted by Gasteiger charge is 2.30. The van der Waals surface area contributed by atoms with Gasteiger partial charge in [-0.05, 0) is 46.9 Å². The average molecular weight is 353 g/mol. The first-order chi connectivity index (χ1) is 9.44. The van der Waals surface area contributed by atoms with Gasteiger partial charge in [-0.1, -0.05) is 0 Å². The Kier molecular flexibility index (Phi) is 5.40. The standard InChI is InChI=1S/C13H16BrF3N2O/c14-11-4-10(5-18-6-11)7-19-3-1-2-12(19)8-20-9-13(15,16)17/h4-6,12H,1-3,7-9H2. The summed E-state index contributed by atoms with van der Waals surface area (Å²) in [6.45, 7) is 0.524. The van der Waals surface area contributed by atoms with Crippen LogP contribution in [-0.4, -0.2) is 41.9 Å². The summed E-state index contributed by atoms with van der Waals surface area (Å²) in [7, 11) is 0. The van der Waals surface area contributed by atoms with Gasteiger partial charge in [0.05, 0.1) is 6.61 Å². The van der Waals surface area contributed by atoms with E-state index in [4.69, 9.17) is 4.74 Å². The van der Waals surface area contributed by atoms with Gasteiger partial charge in [0.15, 0.2) is 0 Å². The zero-order valence-electron chi connectivity index (χ0n) is 10.9. The predicted octanol–water partition coefficient (Wildman–Crippen LogP) is 3.39. The normalized spacial score (nSPS) is 20.5. The molecule has 1 saturated heterocycles. The minimum absolute atomic E-state index is 0.0522. The van der Waals surface area contributed by atoms with E-state index in [1.54, 1.807) is 12.4 Å². The number of aromatic nitrogens is 1. The van der Waals surface area contributed by atoms with Crippen molar-refractivity contribution in [2.24, 2.45) is 0 Å². The van der Waals surface area contributed by atoms with Crippen LogP contribution in [0.1, 0.15) is 18.4 Å². The lowest BCUT2D eigenvalue weighted by atomic mass is 10.2. The highest BCUT2D eigenvalue weighted by atomic mass is 79.9. The summed E-state index contributed by atoms with van der Waals surface area (Å²) in [5.74, 6) is 0. The molecule has 0 spiro atoms. The van der Waals surface area contributed by atoms with Crippen LogP contribution in [0, 0.1) is 0 Å². The van der Waals surface area contributed by atoms with Crippen molar-refractivity contribution in [2.75, 3.05) is 19.8 Å². The Hall–Kier alpha value is -0.660. The molecular formula is C13H16BrF3N2O. The van der Waals surface area contributed by atoms with Crippen LogP contribution in [0.3, 0.4) is 0 Å². The Morgan fingerprint density at radius 2 is 2.20 bits per heavy atom. The average Bonchev–Trinajstić information content (AvgIpc) is 2.75. The molecule has 20 heavy (non-hydrogen) atoms. The fourth-order valence-electron chi connectivity index (χ4n) is 2.38. The van der Waals surface area contributed by atoms with Crippen molar-refractivity contribution in [3.63, 3.8) is 0 Å². The van der Waals surface area contributed by atoms with Crippen molar-refractivity contribution >= 4 is 15.9 Å². The van der Waals surface area contributed by atoms with E-state index >= 15 is 0 Å². The first kappa shape index (κ1) is 15.7. The van der Waals surface area contributed by atoms with Crippen LogP contribution >= 0.6 is 15.9 Å². The lowest BCUT2D eigenvalue weighted by molar-refractivity contribution is -0.176. The molecule has 7 heteroatoms. The molecule has 112 valence electrons. The molecule has 0 radical (unpaired) electrons. The van der Waals surface area contributed by atoms with Crippen LogP contribution in [0.5, 0.6) is 0 Å². The molecule has 2 heterocycles. The van der Waals surface area contributed by atoms with Crippen LogP contribution in [0.15, 0.2) is 22.9 Å². The molecule has 1 fully saturated rings. The van der Waals surface area contributed by atoms with Gasteiger partial charge in [-0.15, -0.1) is 0 Å². The molecule has 1 aliphatic heterocycles. The Morgan fingerprint density at radius 1 is 1.40 bits per heavy atom. The summed E-state index contributed by atoms with van der Waals surface area (Å²) in [5.41, 5.74) is 1.04. The van der Waals surface area contributed by atoms with Gasteiger partial charge in [0.2, 0.25) is 0 Å². The second-order valence-electron chi connectivity index (χ2n) is 4.91. The van der Waals surface area contributed by atoms with Crippen molar-refractivity contribution in [3.8, 4) is 0 Å². The van der Waals surface area contributed by atoms with Crippen molar-refractivity contribution in [2.45, 2.75) is 31.6 Å². The smallest absolute Gasteiger partial charge is 0.370 e. The molecule has 1 aliphatic rings. The number of pyridine rings is 1. The minimum Gasteiger partial charge on any atom is -0.370 e. The molecule has 0 saturated carbocycles. The molecule has 0 N–H and O–H groups in total. The Labute approximate surface area is 124 Å². The van der Waals surface area contributed by atoms with Crippen LogP contribution in [0.2, 0.25) is 0 Å². The third-order valence-electron chi connectivity index (χ3n) is 3.22. The summed E-state index contributed by atoms with van der Waals surface area (Å²) in [6.07, 6.45) is 1.09. The van der Waals surface area contributed by atoms with Crippen molar-refractivity contribution < 1.29 is 17.9 Å². The Bertz CT molecular complexity index is 442. The molecule has 0 amide bonds. The van der Waals surface area contributed by atoms with Gasteiger partial charge in [0.25, 0.3) is 0 Å². The van der Waals surface area contributed by atoms with Gasteiger partial charge < -0.3 is 4.74 Å². The summed E-state index contributed by atoms with van der Waals surface area (Å²) >= 11 is 3.36. The maximum atomic E-state index is 12.1. The fourth-order valence-corrected chi connectivity index (χ4v) is 2.79. The van der Waals surface area contributed by atoms with Gasteiger partial charge in [0.1, 0.15) is 6.61 Å². The molecule has 0 bridgehead atoms. The van der Waals surface area contributed by atoms with E-state index in [-0.39, 0.29) is 12.6 Å². The van der Waals surface area contributed by atoms with E-state index in [1.165, 1.54) is 0 Å².